The molecule has 0 unspecified atom stereocenters. The van der Waals surface area contributed by atoms with E-state index in [-0.39, 0.29) is 23.3 Å². The highest BCUT2D eigenvalue weighted by molar-refractivity contribution is 7.07. The van der Waals surface area contributed by atoms with Crippen LogP contribution in [0.15, 0.2) is 29.0 Å². The molecule has 2 rings (SSSR count). The molecule has 4 heteroatoms. The average Bonchev–Trinajstić information content (AvgIpc) is 2.84. The maximum Gasteiger partial charge on any atom is 0.166 e. The number of benzene rings is 1. The van der Waals surface area contributed by atoms with E-state index in [0.717, 1.165) is 11.6 Å². The van der Waals surface area contributed by atoms with E-state index < -0.39 is 11.6 Å². The van der Waals surface area contributed by atoms with Crippen molar-refractivity contribution in [3.8, 4) is 0 Å². The molecule has 2 aromatic rings. The lowest BCUT2D eigenvalue weighted by Gasteiger charge is -2.04. The van der Waals surface area contributed by atoms with Gasteiger partial charge in [-0.2, -0.15) is 11.3 Å². The second-order valence-corrected chi connectivity index (χ2v) is 4.92. The molecule has 1 nitrogen and oxygen atoms in total. The Balaban J connectivity index is 2.11. The van der Waals surface area contributed by atoms with Crippen LogP contribution in [0, 0.1) is 18.6 Å². The minimum atomic E-state index is -0.784. The van der Waals surface area contributed by atoms with Crippen molar-refractivity contribution < 1.29 is 13.6 Å². The van der Waals surface area contributed by atoms with Crippen LogP contribution in [0.5, 0.6) is 0 Å². The van der Waals surface area contributed by atoms with Crippen LogP contribution in [0.3, 0.4) is 0 Å². The molecule has 0 bridgehead atoms. The fourth-order valence-electron chi connectivity index (χ4n) is 1.70. The monoisotopic (exact) mass is 266 g/mol. The van der Waals surface area contributed by atoms with E-state index in [1.165, 1.54) is 13.0 Å². The average molecular weight is 266 g/mol. The number of aryl methyl sites for hydroxylation is 2. The summed E-state index contributed by atoms with van der Waals surface area (Å²) in [6.07, 6.45) is 0.816. The molecule has 0 aliphatic heterocycles. The molecule has 1 heterocycles. The summed E-state index contributed by atoms with van der Waals surface area (Å²) in [5.41, 5.74) is 1.33. The zero-order chi connectivity index (χ0) is 13.1. The van der Waals surface area contributed by atoms with Crippen LogP contribution < -0.4 is 0 Å². The van der Waals surface area contributed by atoms with Crippen molar-refractivity contribution in [3.63, 3.8) is 0 Å². The molecular weight excluding hydrogens is 254 g/mol. The highest BCUT2D eigenvalue weighted by Gasteiger charge is 2.14. The van der Waals surface area contributed by atoms with E-state index in [4.69, 9.17) is 0 Å². The molecule has 0 atom stereocenters. The number of halogens is 2. The number of rotatable bonds is 4. The molecule has 18 heavy (non-hydrogen) atoms. The minimum absolute atomic E-state index is 0.0240. The van der Waals surface area contributed by atoms with Crippen LogP contribution >= 0.6 is 11.3 Å². The molecule has 0 amide bonds. The normalized spacial score (nSPS) is 10.6. The van der Waals surface area contributed by atoms with E-state index in [0.29, 0.717) is 6.42 Å². The summed E-state index contributed by atoms with van der Waals surface area (Å²) in [7, 11) is 0. The van der Waals surface area contributed by atoms with Gasteiger partial charge in [0.15, 0.2) is 5.78 Å². The third-order valence-electron chi connectivity index (χ3n) is 2.77. The van der Waals surface area contributed by atoms with Gasteiger partial charge >= 0.3 is 0 Å². The second kappa shape index (κ2) is 5.40. The van der Waals surface area contributed by atoms with Gasteiger partial charge in [-0.25, -0.2) is 8.78 Å². The van der Waals surface area contributed by atoms with E-state index >= 15 is 0 Å². The number of Topliss-reactive ketones (excluding diaryl/α,β-unsaturated/α-hetero) is 1. The maximum atomic E-state index is 13.5. The molecule has 0 aliphatic rings. The Labute approximate surface area is 108 Å². The first-order chi connectivity index (χ1) is 8.58. The number of carbonyl (C=O) groups excluding carboxylic acids is 1. The van der Waals surface area contributed by atoms with Crippen molar-refractivity contribution in [3.05, 3.63) is 57.3 Å². The summed E-state index contributed by atoms with van der Waals surface area (Å²) < 4.78 is 26.6. The molecule has 0 fully saturated rings. The van der Waals surface area contributed by atoms with Crippen LogP contribution in [0.4, 0.5) is 8.78 Å². The van der Waals surface area contributed by atoms with Crippen molar-refractivity contribution in [1.29, 1.82) is 0 Å². The number of hydrogen-bond acceptors (Lipinski definition) is 2. The van der Waals surface area contributed by atoms with Gasteiger partial charge in [0, 0.05) is 12.5 Å². The largest absolute Gasteiger partial charge is 0.294 e. The van der Waals surface area contributed by atoms with Gasteiger partial charge in [-0.1, -0.05) is 0 Å². The predicted octanol–water partition coefficient (Wildman–Crippen LogP) is 4.15. The molecule has 0 radical (unpaired) electrons. The van der Waals surface area contributed by atoms with Crippen molar-refractivity contribution >= 4 is 17.1 Å². The Morgan fingerprint density at radius 2 is 2.06 bits per heavy atom. The topological polar surface area (TPSA) is 17.1 Å². The highest BCUT2D eigenvalue weighted by atomic mass is 32.1. The summed E-state index contributed by atoms with van der Waals surface area (Å²) in [5.74, 6) is -1.70. The first-order valence-electron chi connectivity index (χ1n) is 5.58. The molecule has 1 aromatic carbocycles. The van der Waals surface area contributed by atoms with Crippen molar-refractivity contribution in [1.82, 2.24) is 0 Å². The van der Waals surface area contributed by atoms with Gasteiger partial charge < -0.3 is 0 Å². The maximum absolute atomic E-state index is 13.5. The molecule has 0 spiro atoms. The van der Waals surface area contributed by atoms with Crippen LogP contribution in [0.2, 0.25) is 0 Å². The molecular formula is C14H12F2OS. The third kappa shape index (κ3) is 2.82. The van der Waals surface area contributed by atoms with Crippen molar-refractivity contribution in [2.75, 3.05) is 0 Å². The fourth-order valence-corrected chi connectivity index (χ4v) is 2.40. The van der Waals surface area contributed by atoms with E-state index in [2.05, 4.69) is 0 Å². The summed E-state index contributed by atoms with van der Waals surface area (Å²) >= 11 is 1.56. The number of hydrogen-bond donors (Lipinski definition) is 0. The first kappa shape index (κ1) is 12.9. The van der Waals surface area contributed by atoms with Gasteiger partial charge in [0.05, 0.1) is 5.56 Å². The van der Waals surface area contributed by atoms with E-state index in [1.807, 2.05) is 16.8 Å². The Morgan fingerprint density at radius 1 is 1.28 bits per heavy atom. The SMILES string of the molecule is Cc1cc(C(=O)CCc2ccsc2)c(F)cc1F. The Kier molecular flexibility index (Phi) is 3.87. The van der Waals surface area contributed by atoms with Crippen molar-refractivity contribution in [2.24, 2.45) is 0 Å². The Hall–Kier alpha value is -1.55. The van der Waals surface area contributed by atoms with Crippen LogP contribution in [-0.2, 0) is 6.42 Å². The second-order valence-electron chi connectivity index (χ2n) is 4.14. The lowest BCUT2D eigenvalue weighted by molar-refractivity contribution is 0.0979. The molecule has 0 aliphatic carbocycles. The van der Waals surface area contributed by atoms with Gasteiger partial charge in [0.2, 0.25) is 0 Å². The lowest BCUT2D eigenvalue weighted by Crippen LogP contribution is -2.05. The van der Waals surface area contributed by atoms with Gasteiger partial charge in [-0.05, 0) is 47.4 Å². The molecule has 0 saturated carbocycles. The van der Waals surface area contributed by atoms with Crippen LogP contribution in [0.1, 0.15) is 27.9 Å². The van der Waals surface area contributed by atoms with Crippen molar-refractivity contribution in [2.45, 2.75) is 19.8 Å². The number of carbonyl (C=O) groups is 1. The molecule has 0 saturated heterocycles. The number of thiophene rings is 1. The Bertz CT molecular complexity index is 561. The first-order valence-corrected chi connectivity index (χ1v) is 6.52. The number of ketones is 1. The summed E-state index contributed by atoms with van der Waals surface area (Å²) in [5, 5.41) is 3.89. The van der Waals surface area contributed by atoms with Crippen LogP contribution in [0.25, 0.3) is 0 Å². The van der Waals surface area contributed by atoms with Gasteiger partial charge in [-0.3, -0.25) is 4.79 Å². The zero-order valence-corrected chi connectivity index (χ0v) is 10.7. The van der Waals surface area contributed by atoms with Gasteiger partial charge in [-0.15, -0.1) is 0 Å². The predicted molar refractivity (Wildman–Crippen MR) is 68.1 cm³/mol. The highest BCUT2D eigenvalue weighted by Crippen LogP contribution is 2.17. The lowest BCUT2D eigenvalue weighted by atomic mass is 10.0. The van der Waals surface area contributed by atoms with Gasteiger partial charge in [0.25, 0.3) is 0 Å². The quantitative estimate of drug-likeness (QED) is 0.760. The third-order valence-corrected chi connectivity index (χ3v) is 3.50. The van der Waals surface area contributed by atoms with Gasteiger partial charge in [0.1, 0.15) is 11.6 Å². The Morgan fingerprint density at radius 3 is 2.72 bits per heavy atom. The summed E-state index contributed by atoms with van der Waals surface area (Å²) in [4.78, 5) is 11.9. The zero-order valence-electron chi connectivity index (χ0n) is 9.87. The van der Waals surface area contributed by atoms with E-state index in [9.17, 15) is 13.6 Å². The standard InChI is InChI=1S/C14H12F2OS/c1-9-6-11(13(16)7-12(9)15)14(17)3-2-10-4-5-18-8-10/h4-8H,2-3H2,1H3. The fraction of sp³-hybridized carbons (Fsp3) is 0.214. The molecule has 94 valence electrons. The molecule has 1 aromatic heterocycles. The smallest absolute Gasteiger partial charge is 0.166 e. The van der Waals surface area contributed by atoms with E-state index in [1.54, 1.807) is 11.3 Å². The minimum Gasteiger partial charge on any atom is -0.294 e. The van der Waals surface area contributed by atoms with Crippen LogP contribution in [-0.4, -0.2) is 5.78 Å². The molecule has 0 N–H and O–H groups in total. The summed E-state index contributed by atoms with van der Waals surface area (Å²) in [6, 6.07) is 3.98. The summed E-state index contributed by atoms with van der Waals surface area (Å²) in [6.45, 7) is 1.52.